The Hall–Kier alpha value is -1.53. The summed E-state index contributed by atoms with van der Waals surface area (Å²) in [7, 11) is -3.92. The highest BCUT2D eigenvalue weighted by molar-refractivity contribution is 7.90. The van der Waals surface area contributed by atoms with Crippen LogP contribution in [0.25, 0.3) is 0 Å². The molecular weight excluding hydrogens is 244 g/mol. The van der Waals surface area contributed by atoms with Gasteiger partial charge < -0.3 is 9.47 Å². The third-order valence-corrected chi connectivity index (χ3v) is 3.27. The van der Waals surface area contributed by atoms with Gasteiger partial charge in [0.2, 0.25) is 11.4 Å². The van der Waals surface area contributed by atoms with E-state index in [9.17, 15) is 8.42 Å². The average molecular weight is 256 g/mol. The lowest BCUT2D eigenvalue weighted by atomic mass is 10.3. The van der Waals surface area contributed by atoms with Crippen LogP contribution in [0.15, 0.2) is 47.3 Å². The van der Waals surface area contributed by atoms with Gasteiger partial charge in [0.15, 0.2) is 0 Å². The van der Waals surface area contributed by atoms with E-state index in [1.807, 2.05) is 6.92 Å². The van der Waals surface area contributed by atoms with Gasteiger partial charge in [-0.2, -0.15) is 8.42 Å². The molecular formula is C11H12O5S. The van der Waals surface area contributed by atoms with Crippen molar-refractivity contribution in [3.63, 3.8) is 0 Å². The maximum absolute atomic E-state index is 11.8. The minimum Gasteiger partial charge on any atom is -0.477 e. The van der Waals surface area contributed by atoms with Gasteiger partial charge >= 0.3 is 10.1 Å². The van der Waals surface area contributed by atoms with Crippen molar-refractivity contribution in [2.45, 2.75) is 13.2 Å². The van der Waals surface area contributed by atoms with E-state index >= 15 is 0 Å². The average Bonchev–Trinajstić information content (AvgIpc) is 2.30. The lowest BCUT2D eigenvalue weighted by molar-refractivity contribution is 0.0121. The Morgan fingerprint density at radius 3 is 2.76 bits per heavy atom. The maximum Gasteiger partial charge on any atom is 0.333 e. The zero-order valence-electron chi connectivity index (χ0n) is 9.20. The van der Waals surface area contributed by atoms with E-state index in [1.165, 1.54) is 18.4 Å². The second-order valence-electron chi connectivity index (χ2n) is 3.56. The molecule has 1 atom stereocenters. The van der Waals surface area contributed by atoms with Crippen molar-refractivity contribution in [3.8, 4) is 0 Å². The maximum atomic E-state index is 11.8. The first kappa shape index (κ1) is 11.9. The van der Waals surface area contributed by atoms with E-state index in [-0.39, 0.29) is 11.7 Å². The van der Waals surface area contributed by atoms with Gasteiger partial charge in [-0.25, -0.2) is 4.18 Å². The van der Waals surface area contributed by atoms with Crippen molar-refractivity contribution in [1.82, 2.24) is 0 Å². The lowest BCUT2D eigenvalue weighted by Crippen LogP contribution is -2.22. The fourth-order valence-corrected chi connectivity index (χ4v) is 2.13. The van der Waals surface area contributed by atoms with E-state index in [1.54, 1.807) is 18.2 Å². The van der Waals surface area contributed by atoms with Crippen LogP contribution >= 0.6 is 0 Å². The zero-order chi connectivity index (χ0) is 12.3. The van der Waals surface area contributed by atoms with Crippen LogP contribution in [0.2, 0.25) is 0 Å². The molecule has 2 rings (SSSR count). The molecule has 5 nitrogen and oxygen atoms in total. The molecule has 0 aromatic rings. The lowest BCUT2D eigenvalue weighted by Gasteiger charge is -2.18. The molecule has 17 heavy (non-hydrogen) atoms. The summed E-state index contributed by atoms with van der Waals surface area (Å²) in [5.74, 6) is 0. The second-order valence-corrected chi connectivity index (χ2v) is 5.06. The summed E-state index contributed by atoms with van der Waals surface area (Å²) < 4.78 is 38.4. The summed E-state index contributed by atoms with van der Waals surface area (Å²) in [5.41, 5.74) is 0.945. The van der Waals surface area contributed by atoms with Crippen LogP contribution in [0.4, 0.5) is 0 Å². The third-order valence-electron chi connectivity index (χ3n) is 2.08. The second kappa shape index (κ2) is 4.77. The molecule has 0 bridgehead atoms. The molecule has 0 fully saturated rings. The molecule has 0 amide bonds. The van der Waals surface area contributed by atoms with Crippen LogP contribution in [0.1, 0.15) is 6.92 Å². The van der Waals surface area contributed by atoms with Crippen molar-refractivity contribution in [1.29, 1.82) is 0 Å². The van der Waals surface area contributed by atoms with E-state index < -0.39 is 16.4 Å². The molecule has 2 heterocycles. The van der Waals surface area contributed by atoms with Crippen molar-refractivity contribution in [2.75, 3.05) is 6.61 Å². The number of ether oxygens (including phenoxy) is 2. The third kappa shape index (κ3) is 2.98. The highest BCUT2D eigenvalue weighted by atomic mass is 32.2. The summed E-state index contributed by atoms with van der Waals surface area (Å²) in [4.78, 5) is 0. The quantitative estimate of drug-likeness (QED) is 0.717. The topological polar surface area (TPSA) is 61.8 Å². The van der Waals surface area contributed by atoms with Crippen molar-refractivity contribution < 1.29 is 22.1 Å². The monoisotopic (exact) mass is 256 g/mol. The van der Waals surface area contributed by atoms with Crippen LogP contribution in [-0.4, -0.2) is 21.3 Å². The van der Waals surface area contributed by atoms with Gasteiger partial charge in [-0.3, -0.25) is 0 Å². The largest absolute Gasteiger partial charge is 0.477 e. The van der Waals surface area contributed by atoms with E-state index in [4.69, 9.17) is 13.7 Å². The molecule has 0 radical (unpaired) electrons. The first-order valence-electron chi connectivity index (χ1n) is 5.00. The van der Waals surface area contributed by atoms with Gasteiger partial charge in [-0.1, -0.05) is 12.2 Å². The fourth-order valence-electron chi connectivity index (χ4n) is 1.24. The molecule has 0 N–H and O–H groups in total. The summed E-state index contributed by atoms with van der Waals surface area (Å²) in [5, 5.41) is -0.199. The van der Waals surface area contributed by atoms with Crippen LogP contribution in [-0.2, 0) is 23.8 Å². The molecule has 0 aromatic carbocycles. The highest BCUT2D eigenvalue weighted by Crippen LogP contribution is 2.20. The van der Waals surface area contributed by atoms with Gasteiger partial charge in [-0.05, 0) is 30.7 Å². The Balaban J connectivity index is 2.09. The number of rotatable bonds is 3. The van der Waals surface area contributed by atoms with Crippen LogP contribution in [0.3, 0.4) is 0 Å². The molecule has 2 aliphatic heterocycles. The standard InChI is InChI=1S/C11H12O5S/c1-9-5-6-11(15-8-9)17(12,13)16-10-4-2-3-7-14-10/h2-7,10H,8H2,1H3. The number of allylic oxidation sites excluding steroid dienone is 4. The van der Waals surface area contributed by atoms with Gasteiger partial charge in [0.05, 0.1) is 6.26 Å². The fraction of sp³-hybridized carbons (Fsp3) is 0.273. The molecule has 0 spiro atoms. The minimum atomic E-state index is -3.92. The Kier molecular flexibility index (Phi) is 3.35. The van der Waals surface area contributed by atoms with Gasteiger partial charge in [-0.15, -0.1) is 0 Å². The number of hydrogen-bond donors (Lipinski definition) is 0. The van der Waals surface area contributed by atoms with Crippen LogP contribution in [0.5, 0.6) is 0 Å². The van der Waals surface area contributed by atoms with E-state index in [0.717, 1.165) is 5.57 Å². The van der Waals surface area contributed by atoms with Crippen LogP contribution < -0.4 is 0 Å². The first-order valence-corrected chi connectivity index (χ1v) is 6.41. The predicted molar refractivity (Wildman–Crippen MR) is 60.9 cm³/mol. The molecule has 0 aliphatic carbocycles. The summed E-state index contributed by atoms with van der Waals surface area (Å²) in [6.07, 6.45) is 8.23. The first-order chi connectivity index (χ1) is 8.08. The SMILES string of the molecule is CC1=CC=C(S(=O)(=O)OC2C=CC=CO2)OC1. The van der Waals surface area contributed by atoms with E-state index in [0.29, 0.717) is 0 Å². The highest BCUT2D eigenvalue weighted by Gasteiger charge is 2.26. The van der Waals surface area contributed by atoms with Gasteiger partial charge in [0.25, 0.3) is 0 Å². The Morgan fingerprint density at radius 1 is 1.35 bits per heavy atom. The van der Waals surface area contributed by atoms with Gasteiger partial charge in [0, 0.05) is 0 Å². The number of hydrogen-bond acceptors (Lipinski definition) is 5. The summed E-state index contributed by atoms with van der Waals surface area (Å²) in [6, 6.07) is 0. The van der Waals surface area contributed by atoms with Crippen molar-refractivity contribution in [2.24, 2.45) is 0 Å². The summed E-state index contributed by atoms with van der Waals surface area (Å²) >= 11 is 0. The molecule has 1 unspecified atom stereocenters. The molecule has 2 aliphatic rings. The van der Waals surface area contributed by atoms with Crippen molar-refractivity contribution in [3.05, 3.63) is 47.3 Å². The normalized spacial score (nSPS) is 23.5. The van der Waals surface area contributed by atoms with Gasteiger partial charge in [0.1, 0.15) is 6.61 Å². The predicted octanol–water partition coefficient (Wildman–Crippen LogP) is 1.58. The van der Waals surface area contributed by atoms with E-state index in [2.05, 4.69) is 0 Å². The van der Waals surface area contributed by atoms with Crippen LogP contribution in [0, 0.1) is 0 Å². The molecule has 0 saturated carbocycles. The molecule has 92 valence electrons. The minimum absolute atomic E-state index is 0.199. The Bertz CT molecular complexity index is 510. The Morgan fingerprint density at radius 2 is 2.18 bits per heavy atom. The molecule has 6 heteroatoms. The summed E-state index contributed by atoms with van der Waals surface area (Å²) in [6.45, 7) is 2.09. The molecule has 0 saturated heterocycles. The smallest absolute Gasteiger partial charge is 0.333 e. The van der Waals surface area contributed by atoms with Crippen molar-refractivity contribution >= 4 is 10.1 Å². The molecule has 0 aromatic heterocycles. The Labute approximate surface area is 99.8 Å². The zero-order valence-corrected chi connectivity index (χ0v) is 10.0.